The third-order valence-electron chi connectivity index (χ3n) is 11.1. The van der Waals surface area contributed by atoms with Crippen LogP contribution in [0.15, 0.2) is 88.5 Å². The average molecular weight is 804 g/mol. The van der Waals surface area contributed by atoms with Gasteiger partial charge in [-0.25, -0.2) is 0 Å². The van der Waals surface area contributed by atoms with E-state index in [0.717, 1.165) is 65.1 Å². The van der Waals surface area contributed by atoms with Crippen molar-refractivity contribution < 1.29 is 53.7 Å². The molecule has 1 spiro atoms. The maximum Gasteiger partial charge on any atom is 0.294 e. The van der Waals surface area contributed by atoms with E-state index in [-0.39, 0.29) is 23.4 Å². The summed E-state index contributed by atoms with van der Waals surface area (Å²) >= 11 is 0. The van der Waals surface area contributed by atoms with Gasteiger partial charge in [0.2, 0.25) is 5.69 Å². The monoisotopic (exact) mass is 803 g/mol. The highest BCUT2D eigenvalue weighted by Crippen LogP contribution is 2.57. The van der Waals surface area contributed by atoms with E-state index in [1.165, 1.54) is 12.1 Å². The van der Waals surface area contributed by atoms with E-state index in [0.29, 0.717) is 24.1 Å². The van der Waals surface area contributed by atoms with Gasteiger partial charge in [-0.3, -0.25) is 13.7 Å². The highest BCUT2D eigenvalue weighted by molar-refractivity contribution is 7.86. The second kappa shape index (κ2) is 14.5. The lowest BCUT2D eigenvalue weighted by atomic mass is 9.78. The van der Waals surface area contributed by atoms with E-state index in [1.807, 2.05) is 60.9 Å². The molecule has 2 saturated carbocycles. The van der Waals surface area contributed by atoms with Crippen molar-refractivity contribution in [3.63, 3.8) is 0 Å². The second-order valence-corrected chi connectivity index (χ2v) is 19.6. The van der Waals surface area contributed by atoms with E-state index in [2.05, 4.69) is 13.0 Å². The maximum atomic E-state index is 12.1. The minimum atomic E-state index is -4.52. The Kier molecular flexibility index (Phi) is 10.8. The smallest absolute Gasteiger partial charge is 0.294 e. The first-order chi connectivity index (χ1) is 25.1. The number of β-amino-alcohol motifs (C(OH)–C–C–N with tert-alkyl or cyclic N) is 2. The van der Waals surface area contributed by atoms with Crippen LogP contribution in [0.4, 0.5) is 11.4 Å². The number of allylic oxidation sites excluding steroid dienone is 8. The molecule has 54 heavy (non-hydrogen) atoms. The van der Waals surface area contributed by atoms with E-state index in [4.69, 9.17) is 0 Å². The first kappa shape index (κ1) is 40.2. The Morgan fingerprint density at radius 1 is 0.889 bits per heavy atom. The number of rotatable bonds is 12. The normalized spacial score (nSPS) is 23.9. The largest absolute Gasteiger partial charge is 0.390 e. The Bertz CT molecular complexity index is 2350. The van der Waals surface area contributed by atoms with Crippen molar-refractivity contribution in [2.75, 3.05) is 29.5 Å². The molecule has 2 heterocycles. The lowest BCUT2D eigenvalue weighted by Gasteiger charge is -2.31. The van der Waals surface area contributed by atoms with Crippen molar-refractivity contribution in [2.45, 2.75) is 87.2 Å². The zero-order valence-corrected chi connectivity index (χ0v) is 32.8. The zero-order valence-electron chi connectivity index (χ0n) is 30.4. The second-order valence-electron chi connectivity index (χ2n) is 15.2. The van der Waals surface area contributed by atoms with Crippen molar-refractivity contribution in [1.82, 2.24) is 0 Å². The number of aliphatic hydroxyl groups excluding tert-OH is 2. The summed E-state index contributed by atoms with van der Waals surface area (Å²) < 4.78 is 101. The number of anilines is 1. The predicted molar refractivity (Wildman–Crippen MR) is 205 cm³/mol. The number of aliphatic hydroxyl groups is 2. The van der Waals surface area contributed by atoms with Crippen molar-refractivity contribution in [3.05, 3.63) is 100 Å². The van der Waals surface area contributed by atoms with Gasteiger partial charge < -0.3 is 15.1 Å². The van der Waals surface area contributed by atoms with Crippen LogP contribution in [0.3, 0.4) is 0 Å². The van der Waals surface area contributed by atoms with E-state index >= 15 is 0 Å². The Labute approximate surface area is 317 Å². The fourth-order valence-electron chi connectivity index (χ4n) is 8.87. The van der Waals surface area contributed by atoms with Gasteiger partial charge in [-0.15, -0.1) is 0 Å². The summed E-state index contributed by atoms with van der Waals surface area (Å²) in [7, 11) is -13.4. The topological polar surface area (TPSA) is 210 Å². The number of hydrogen-bond donors (Lipinski definition) is 5. The Balaban J connectivity index is 1.35. The van der Waals surface area contributed by atoms with Crippen LogP contribution >= 0.6 is 0 Å². The molecule has 0 amide bonds. The number of fused-ring (bicyclic) bond motifs is 5. The minimum absolute atomic E-state index is 0.0143. The van der Waals surface area contributed by atoms with E-state index < -0.39 is 59.5 Å². The van der Waals surface area contributed by atoms with Gasteiger partial charge >= 0.3 is 0 Å². The van der Waals surface area contributed by atoms with Crippen LogP contribution in [-0.4, -0.2) is 96.2 Å². The summed E-state index contributed by atoms with van der Waals surface area (Å²) in [6.45, 7) is 5.88. The summed E-state index contributed by atoms with van der Waals surface area (Å²) in [5.74, 6) is -1.66. The molecule has 0 aromatic heterocycles. The van der Waals surface area contributed by atoms with Crippen molar-refractivity contribution in [2.24, 2.45) is 0 Å². The molecule has 3 unspecified atom stereocenters. The van der Waals surface area contributed by atoms with Gasteiger partial charge in [0.05, 0.1) is 16.4 Å². The Morgan fingerprint density at radius 3 is 2.20 bits per heavy atom. The Morgan fingerprint density at radius 2 is 1.56 bits per heavy atom. The van der Waals surface area contributed by atoms with Gasteiger partial charge in [-0.05, 0) is 82.4 Å². The van der Waals surface area contributed by atoms with Crippen LogP contribution in [0.2, 0.25) is 0 Å². The molecule has 292 valence electrons. The predicted octanol–water partition coefficient (Wildman–Crippen LogP) is 4.53. The SMILES string of the molecule is CC(/C=C/C=C1\N(CC(O)CS(=O)(=O)O)c2ccc(S(=O)(=O)O)cc2C12CCCC2)=C\C=C1CCC2(C)C1=[N+](CC(O)CS(=O)(=O)O)c1ccc(C)cc12. The molecule has 2 fully saturated rings. The molecule has 3 atom stereocenters. The highest BCUT2D eigenvalue weighted by atomic mass is 32.2. The average Bonchev–Trinajstić information content (AvgIpc) is 3.77. The number of aryl methyl sites for hydroxylation is 1. The number of benzene rings is 2. The molecule has 16 heteroatoms. The van der Waals surface area contributed by atoms with E-state index in [1.54, 1.807) is 11.0 Å². The molecule has 6 rings (SSSR count). The van der Waals surface area contributed by atoms with Crippen LogP contribution in [0, 0.1) is 6.92 Å². The number of hydrogen-bond acceptors (Lipinski definition) is 9. The van der Waals surface area contributed by atoms with Crippen LogP contribution in [0.5, 0.6) is 0 Å². The fraction of sp³-hybridized carbons (Fsp3) is 0.447. The minimum Gasteiger partial charge on any atom is -0.390 e. The lowest BCUT2D eigenvalue weighted by Crippen LogP contribution is -2.37. The summed E-state index contributed by atoms with van der Waals surface area (Å²) in [6, 6.07) is 10.3. The van der Waals surface area contributed by atoms with Crippen LogP contribution < -0.4 is 4.90 Å². The molecule has 13 nitrogen and oxygen atoms in total. The van der Waals surface area contributed by atoms with Gasteiger partial charge in [0.1, 0.15) is 17.6 Å². The van der Waals surface area contributed by atoms with Gasteiger partial charge in [0, 0.05) is 40.5 Å². The van der Waals surface area contributed by atoms with E-state index in [9.17, 15) is 49.1 Å². The fourth-order valence-corrected chi connectivity index (χ4v) is 10.6. The van der Waals surface area contributed by atoms with Crippen molar-refractivity contribution in [1.29, 1.82) is 0 Å². The van der Waals surface area contributed by atoms with Crippen molar-refractivity contribution in [3.8, 4) is 0 Å². The summed E-state index contributed by atoms with van der Waals surface area (Å²) in [5, 5.41) is 21.4. The van der Waals surface area contributed by atoms with Crippen LogP contribution in [0.25, 0.3) is 0 Å². The van der Waals surface area contributed by atoms with Crippen LogP contribution in [-0.2, 0) is 41.2 Å². The molecular weight excluding hydrogens is 757 g/mol. The first-order valence-corrected chi connectivity index (χ1v) is 22.5. The van der Waals surface area contributed by atoms with Crippen LogP contribution in [0.1, 0.15) is 69.1 Å². The molecular formula is C38H47N2O11S3+. The lowest BCUT2D eigenvalue weighted by molar-refractivity contribution is -0.448. The summed E-state index contributed by atoms with van der Waals surface area (Å²) in [4.78, 5) is 1.50. The molecule has 2 aromatic rings. The molecule has 4 aliphatic rings. The quantitative estimate of drug-likeness (QED) is 0.114. The molecule has 0 radical (unpaired) electrons. The molecule has 0 bridgehead atoms. The molecule has 5 N–H and O–H groups in total. The molecule has 2 aliphatic heterocycles. The summed E-state index contributed by atoms with van der Waals surface area (Å²) in [6.07, 6.45) is 11.4. The van der Waals surface area contributed by atoms with Gasteiger partial charge in [-0.2, -0.15) is 29.8 Å². The molecule has 2 aromatic carbocycles. The first-order valence-electron chi connectivity index (χ1n) is 17.8. The van der Waals surface area contributed by atoms with Gasteiger partial charge in [0.15, 0.2) is 12.3 Å². The van der Waals surface area contributed by atoms with Gasteiger partial charge in [0.25, 0.3) is 30.4 Å². The molecule has 0 saturated heterocycles. The third kappa shape index (κ3) is 8.07. The highest BCUT2D eigenvalue weighted by Gasteiger charge is 2.54. The van der Waals surface area contributed by atoms with Crippen molar-refractivity contribution >= 4 is 47.4 Å². The van der Waals surface area contributed by atoms with Gasteiger partial charge in [-0.1, -0.05) is 54.3 Å². The zero-order chi connectivity index (χ0) is 39.4. The molecule has 2 aliphatic carbocycles. The number of nitrogens with zero attached hydrogens (tertiary/aromatic N) is 2. The summed E-state index contributed by atoms with van der Waals surface area (Å²) in [5.41, 5.74) is 6.91. The maximum absolute atomic E-state index is 12.1. The third-order valence-corrected chi connectivity index (χ3v) is 13.6. The standard InChI is InChI=1S/C38H46N2O11S3/c1-25(9-11-27-15-18-37(3)31-19-26(2)10-13-33(31)40(36(27)37)22-29(42)24-53(46,47)48)7-6-8-35-38(16-4-5-17-38)32-20-30(54(49,50)51)12-14-34(32)39(35)21-28(41)23-52(43,44)45/h6-14,19-20,28-29,41-42H,4-5,15-18,21-24H2,1-3H3,(H2-,43,44,45,46,47,48,49,50,51)/p+1. The Hall–Kier alpha value is -3.48.